The quantitative estimate of drug-likeness (QED) is 0.418. The van der Waals surface area contributed by atoms with Crippen LogP contribution in [-0.2, 0) is 14.3 Å². The first-order valence-electron chi connectivity index (χ1n) is 9.97. The third kappa shape index (κ3) is 4.21. The summed E-state index contributed by atoms with van der Waals surface area (Å²) in [5, 5.41) is 12.8. The monoisotopic (exact) mass is 446 g/mol. The summed E-state index contributed by atoms with van der Waals surface area (Å²) in [6.07, 6.45) is 0. The minimum absolute atomic E-state index is 0.0253. The molecule has 3 heterocycles. The molecular weight excluding hydrogens is 423 g/mol. The zero-order valence-corrected chi connectivity index (χ0v) is 17.9. The molecule has 2 aromatic rings. The highest BCUT2D eigenvalue weighted by Crippen LogP contribution is 2.41. The summed E-state index contributed by atoms with van der Waals surface area (Å²) >= 11 is 1.40. The first-order chi connectivity index (χ1) is 15.0. The zero-order chi connectivity index (χ0) is 22.0. The first-order valence-corrected chi connectivity index (χ1v) is 10.8. The Kier molecular flexibility index (Phi) is 6.35. The van der Waals surface area contributed by atoms with Gasteiger partial charge in [-0.25, -0.2) is 4.39 Å². The van der Waals surface area contributed by atoms with Crippen molar-refractivity contribution in [1.29, 1.82) is 0 Å². The summed E-state index contributed by atoms with van der Waals surface area (Å²) in [7, 11) is 1.34. The lowest BCUT2D eigenvalue weighted by molar-refractivity contribution is -0.140. The van der Waals surface area contributed by atoms with Gasteiger partial charge in [0.1, 0.15) is 5.76 Å². The highest BCUT2D eigenvalue weighted by Gasteiger charge is 2.46. The number of ketones is 1. The largest absolute Gasteiger partial charge is 0.507 e. The third-order valence-corrected chi connectivity index (χ3v) is 6.46. The lowest BCUT2D eigenvalue weighted by atomic mass is 9.99. The maximum absolute atomic E-state index is 14.2. The molecule has 9 heteroatoms. The number of morpholine rings is 1. The lowest BCUT2D eigenvalue weighted by Gasteiger charge is -2.30. The van der Waals surface area contributed by atoms with Crippen LogP contribution in [0.15, 0.2) is 41.3 Å². The van der Waals surface area contributed by atoms with E-state index in [1.807, 2.05) is 17.5 Å². The zero-order valence-electron chi connectivity index (χ0n) is 17.0. The Morgan fingerprint density at radius 2 is 2.03 bits per heavy atom. The molecule has 2 aliphatic rings. The van der Waals surface area contributed by atoms with Gasteiger partial charge in [0, 0.05) is 36.6 Å². The van der Waals surface area contributed by atoms with Crippen molar-refractivity contribution in [2.24, 2.45) is 0 Å². The molecule has 1 N–H and O–H groups in total. The lowest BCUT2D eigenvalue weighted by Crippen LogP contribution is -2.42. The van der Waals surface area contributed by atoms with Crippen LogP contribution in [0.5, 0.6) is 5.75 Å². The number of ether oxygens (including phenoxy) is 2. The van der Waals surface area contributed by atoms with Crippen molar-refractivity contribution >= 4 is 28.8 Å². The molecule has 1 aromatic heterocycles. The number of hydrogen-bond acceptors (Lipinski definition) is 7. The molecule has 2 fully saturated rings. The van der Waals surface area contributed by atoms with Crippen molar-refractivity contribution in [3.05, 3.63) is 57.5 Å². The van der Waals surface area contributed by atoms with E-state index in [2.05, 4.69) is 4.90 Å². The van der Waals surface area contributed by atoms with Crippen LogP contribution in [0.1, 0.15) is 16.5 Å². The number of carbonyl (C=O) groups is 2. The maximum atomic E-state index is 14.2. The van der Waals surface area contributed by atoms with Crippen LogP contribution in [0, 0.1) is 5.82 Å². The molecule has 2 saturated heterocycles. The van der Waals surface area contributed by atoms with E-state index < -0.39 is 29.3 Å². The number of Topliss-reactive ketones (excluding diaryl/α,β-unsaturated/α-hetero) is 1. The molecule has 0 radical (unpaired) electrons. The van der Waals surface area contributed by atoms with Crippen molar-refractivity contribution in [2.75, 3.05) is 46.5 Å². The third-order valence-electron chi connectivity index (χ3n) is 5.54. The molecular formula is C22H23FN2O5S. The minimum atomic E-state index is -0.769. The van der Waals surface area contributed by atoms with Gasteiger partial charge in [-0.1, -0.05) is 6.07 Å². The average Bonchev–Trinajstić information content (AvgIpc) is 3.40. The van der Waals surface area contributed by atoms with E-state index >= 15 is 0 Å². The summed E-state index contributed by atoms with van der Waals surface area (Å²) in [4.78, 5) is 30.3. The topological polar surface area (TPSA) is 79.3 Å². The molecule has 7 nitrogen and oxygen atoms in total. The van der Waals surface area contributed by atoms with Gasteiger partial charge in [0.15, 0.2) is 11.6 Å². The van der Waals surface area contributed by atoms with Crippen molar-refractivity contribution < 1.29 is 28.6 Å². The molecule has 4 rings (SSSR count). The molecule has 0 unspecified atom stereocenters. The summed E-state index contributed by atoms with van der Waals surface area (Å²) in [6.45, 7) is 3.72. The van der Waals surface area contributed by atoms with Crippen LogP contribution in [0.4, 0.5) is 4.39 Å². The molecule has 0 bridgehead atoms. The van der Waals surface area contributed by atoms with Gasteiger partial charge < -0.3 is 19.5 Å². The smallest absolute Gasteiger partial charge is 0.295 e. The number of rotatable bonds is 6. The van der Waals surface area contributed by atoms with Crippen molar-refractivity contribution in [1.82, 2.24) is 9.80 Å². The van der Waals surface area contributed by atoms with E-state index in [0.717, 1.165) is 24.0 Å². The summed E-state index contributed by atoms with van der Waals surface area (Å²) in [6, 6.07) is 6.87. The van der Waals surface area contributed by atoms with Crippen molar-refractivity contribution in [3.63, 3.8) is 0 Å². The van der Waals surface area contributed by atoms with E-state index in [1.54, 1.807) is 0 Å². The van der Waals surface area contributed by atoms with Gasteiger partial charge >= 0.3 is 0 Å². The Morgan fingerprint density at radius 3 is 2.68 bits per heavy atom. The van der Waals surface area contributed by atoms with Crippen LogP contribution < -0.4 is 4.74 Å². The number of methoxy groups -OCH3 is 1. The summed E-state index contributed by atoms with van der Waals surface area (Å²) < 4.78 is 24.5. The first kappa shape index (κ1) is 21.5. The molecule has 0 aliphatic carbocycles. The van der Waals surface area contributed by atoms with E-state index in [-0.39, 0.29) is 16.9 Å². The fraction of sp³-hybridized carbons (Fsp3) is 0.364. The normalized spacial score (nSPS) is 21.6. The van der Waals surface area contributed by atoms with Gasteiger partial charge in [-0.05, 0) is 29.6 Å². The Balaban J connectivity index is 1.70. The number of hydrogen-bond donors (Lipinski definition) is 1. The predicted molar refractivity (Wildman–Crippen MR) is 114 cm³/mol. The number of thiophene rings is 1. The molecule has 0 spiro atoms. The molecule has 1 atom stereocenters. The standard InChI is InChI=1S/C22H23FN2O5S/c1-29-16-5-4-14(13-15(16)23)20(26)18-19(17-3-2-12-31-17)25(22(28)21(18)27)7-6-24-8-10-30-11-9-24/h2-5,12-13,19,26H,6-11H2,1H3/t19-/m1/s1. The van der Waals surface area contributed by atoms with Crippen LogP contribution in [0.3, 0.4) is 0 Å². The maximum Gasteiger partial charge on any atom is 0.295 e. The Morgan fingerprint density at radius 1 is 1.26 bits per heavy atom. The second-order valence-corrected chi connectivity index (χ2v) is 8.29. The Hall–Kier alpha value is -2.75. The second-order valence-electron chi connectivity index (χ2n) is 7.31. The predicted octanol–water partition coefficient (Wildman–Crippen LogP) is 2.65. The van der Waals surface area contributed by atoms with Gasteiger partial charge in [0.2, 0.25) is 0 Å². The number of amides is 1. The molecule has 0 saturated carbocycles. The molecule has 1 aromatic carbocycles. The van der Waals surface area contributed by atoms with Crippen LogP contribution in [0.25, 0.3) is 5.76 Å². The van der Waals surface area contributed by atoms with Gasteiger partial charge in [0.25, 0.3) is 11.7 Å². The summed E-state index contributed by atoms with van der Waals surface area (Å²) in [5.41, 5.74) is 0.0880. The number of aliphatic hydroxyl groups is 1. The van der Waals surface area contributed by atoms with E-state index in [4.69, 9.17) is 9.47 Å². The van der Waals surface area contributed by atoms with Crippen LogP contribution in [-0.4, -0.2) is 73.1 Å². The fourth-order valence-electron chi connectivity index (χ4n) is 3.90. The molecule has 2 aliphatic heterocycles. The average molecular weight is 447 g/mol. The van der Waals surface area contributed by atoms with Gasteiger partial charge in [-0.3, -0.25) is 14.5 Å². The van der Waals surface area contributed by atoms with Gasteiger partial charge in [-0.15, -0.1) is 11.3 Å². The van der Waals surface area contributed by atoms with Gasteiger partial charge in [0.05, 0.1) is 31.9 Å². The number of benzene rings is 1. The Labute approximate surface area is 183 Å². The van der Waals surface area contributed by atoms with E-state index in [1.165, 1.54) is 35.5 Å². The molecule has 1 amide bonds. The summed E-state index contributed by atoms with van der Waals surface area (Å²) in [5.74, 6) is -2.47. The minimum Gasteiger partial charge on any atom is -0.507 e. The number of halogens is 1. The highest BCUT2D eigenvalue weighted by molar-refractivity contribution is 7.10. The van der Waals surface area contributed by atoms with Crippen LogP contribution >= 0.6 is 11.3 Å². The number of carbonyl (C=O) groups excluding carboxylic acids is 2. The molecule has 164 valence electrons. The highest BCUT2D eigenvalue weighted by atomic mass is 32.1. The molecule has 31 heavy (non-hydrogen) atoms. The van der Waals surface area contributed by atoms with Crippen molar-refractivity contribution in [3.8, 4) is 5.75 Å². The van der Waals surface area contributed by atoms with E-state index in [9.17, 15) is 19.1 Å². The van der Waals surface area contributed by atoms with Gasteiger partial charge in [-0.2, -0.15) is 0 Å². The Bertz CT molecular complexity index is 1000. The number of aliphatic hydroxyl groups excluding tert-OH is 1. The van der Waals surface area contributed by atoms with Crippen LogP contribution in [0.2, 0.25) is 0 Å². The van der Waals surface area contributed by atoms with Crippen molar-refractivity contribution in [2.45, 2.75) is 6.04 Å². The number of nitrogens with zero attached hydrogens (tertiary/aromatic N) is 2. The second kappa shape index (κ2) is 9.17. The fourth-order valence-corrected chi connectivity index (χ4v) is 4.74. The SMILES string of the molecule is COc1ccc(C(O)=C2C(=O)C(=O)N(CCN3CCOCC3)[C@@H]2c2cccs2)cc1F. The number of likely N-dealkylation sites (tertiary alicyclic amines) is 1. The van der Waals surface area contributed by atoms with E-state index in [0.29, 0.717) is 26.3 Å².